The molecule has 1 aromatic heterocycles. The van der Waals surface area contributed by atoms with Crippen LogP contribution >= 0.6 is 0 Å². The lowest BCUT2D eigenvalue weighted by Gasteiger charge is -2.20. The molecule has 116 valence electrons. The van der Waals surface area contributed by atoms with Crippen LogP contribution < -0.4 is 10.9 Å². The number of hydrazine groups is 1. The number of hydrogen-bond acceptors (Lipinski definition) is 6. The standard InChI is InChI=1S/C14H22N4O3/c1-3-9-18(11-14(20)21-4-2)10-13(19)17-16-12-7-5-6-8-15-12/h5-8H,3-4,9-11H2,1-2H3,(H,15,16)(H,17,19). The predicted molar refractivity (Wildman–Crippen MR) is 79.4 cm³/mol. The highest BCUT2D eigenvalue weighted by Crippen LogP contribution is 1.97. The summed E-state index contributed by atoms with van der Waals surface area (Å²) in [4.78, 5) is 29.1. The molecule has 0 saturated carbocycles. The third kappa shape index (κ3) is 7.26. The first kappa shape index (κ1) is 16.9. The molecule has 0 aromatic carbocycles. The third-order valence-corrected chi connectivity index (χ3v) is 2.56. The molecule has 7 heteroatoms. The van der Waals surface area contributed by atoms with Crippen molar-refractivity contribution in [1.29, 1.82) is 0 Å². The van der Waals surface area contributed by atoms with Crippen LogP contribution in [0.3, 0.4) is 0 Å². The Morgan fingerprint density at radius 1 is 1.29 bits per heavy atom. The van der Waals surface area contributed by atoms with Crippen molar-refractivity contribution < 1.29 is 14.3 Å². The van der Waals surface area contributed by atoms with Crippen LogP contribution in [0.15, 0.2) is 24.4 Å². The van der Waals surface area contributed by atoms with Gasteiger partial charge in [0.05, 0.1) is 19.7 Å². The monoisotopic (exact) mass is 294 g/mol. The van der Waals surface area contributed by atoms with Crippen LogP contribution in [0.25, 0.3) is 0 Å². The van der Waals surface area contributed by atoms with Crippen LogP contribution in [0.4, 0.5) is 5.82 Å². The lowest BCUT2D eigenvalue weighted by molar-refractivity contribution is -0.144. The Morgan fingerprint density at radius 3 is 2.71 bits per heavy atom. The fourth-order valence-corrected chi connectivity index (χ4v) is 1.73. The summed E-state index contributed by atoms with van der Waals surface area (Å²) < 4.78 is 4.89. The topological polar surface area (TPSA) is 83.6 Å². The van der Waals surface area contributed by atoms with Crippen molar-refractivity contribution in [2.45, 2.75) is 20.3 Å². The van der Waals surface area contributed by atoms with Crippen molar-refractivity contribution in [3.63, 3.8) is 0 Å². The first-order chi connectivity index (χ1) is 10.2. The van der Waals surface area contributed by atoms with Gasteiger partial charge in [0.1, 0.15) is 5.82 Å². The van der Waals surface area contributed by atoms with Gasteiger partial charge in [0.2, 0.25) is 0 Å². The molecule has 21 heavy (non-hydrogen) atoms. The summed E-state index contributed by atoms with van der Waals surface area (Å²) in [7, 11) is 0. The molecule has 0 aliphatic carbocycles. The van der Waals surface area contributed by atoms with Crippen LogP contribution in [-0.2, 0) is 14.3 Å². The Hall–Kier alpha value is -2.15. The SMILES string of the molecule is CCCN(CC(=O)NNc1ccccn1)CC(=O)OCC. The number of rotatable bonds is 9. The number of carbonyl (C=O) groups excluding carboxylic acids is 2. The van der Waals surface area contributed by atoms with Crippen molar-refractivity contribution >= 4 is 17.7 Å². The van der Waals surface area contributed by atoms with Gasteiger partial charge in [-0.25, -0.2) is 4.98 Å². The molecule has 1 amide bonds. The van der Waals surface area contributed by atoms with E-state index in [0.29, 0.717) is 19.0 Å². The molecule has 0 aliphatic rings. The highest BCUT2D eigenvalue weighted by atomic mass is 16.5. The lowest BCUT2D eigenvalue weighted by Crippen LogP contribution is -2.42. The average molecular weight is 294 g/mol. The molecule has 0 spiro atoms. The Morgan fingerprint density at radius 2 is 2.10 bits per heavy atom. The van der Waals surface area contributed by atoms with Gasteiger partial charge in [0, 0.05) is 6.20 Å². The molecule has 1 rings (SSSR count). The van der Waals surface area contributed by atoms with Gasteiger partial charge < -0.3 is 4.74 Å². The van der Waals surface area contributed by atoms with E-state index in [1.165, 1.54) is 0 Å². The van der Waals surface area contributed by atoms with Gasteiger partial charge in [-0.05, 0) is 32.0 Å². The number of pyridine rings is 1. The van der Waals surface area contributed by atoms with E-state index in [0.717, 1.165) is 6.42 Å². The summed E-state index contributed by atoms with van der Waals surface area (Å²) in [6.07, 6.45) is 2.47. The zero-order chi connectivity index (χ0) is 15.5. The Bertz CT molecular complexity index is 439. The number of nitrogens with one attached hydrogen (secondary N) is 2. The largest absolute Gasteiger partial charge is 0.465 e. The summed E-state index contributed by atoms with van der Waals surface area (Å²) in [5.41, 5.74) is 5.26. The maximum absolute atomic E-state index is 11.8. The van der Waals surface area contributed by atoms with Crippen molar-refractivity contribution in [1.82, 2.24) is 15.3 Å². The van der Waals surface area contributed by atoms with E-state index in [4.69, 9.17) is 4.74 Å². The second-order valence-corrected chi connectivity index (χ2v) is 4.40. The normalized spacial score (nSPS) is 10.2. The van der Waals surface area contributed by atoms with E-state index in [-0.39, 0.29) is 25.0 Å². The number of ether oxygens (including phenoxy) is 1. The van der Waals surface area contributed by atoms with Crippen molar-refractivity contribution in [3.05, 3.63) is 24.4 Å². The Kier molecular flexibility index (Phi) is 7.81. The molecule has 1 aromatic rings. The minimum atomic E-state index is -0.323. The molecule has 0 radical (unpaired) electrons. The first-order valence-corrected chi connectivity index (χ1v) is 6.99. The summed E-state index contributed by atoms with van der Waals surface area (Å²) in [6, 6.07) is 5.34. The van der Waals surface area contributed by atoms with Crippen LogP contribution in [0.1, 0.15) is 20.3 Å². The number of aromatic nitrogens is 1. The second-order valence-electron chi connectivity index (χ2n) is 4.40. The third-order valence-electron chi connectivity index (χ3n) is 2.56. The fraction of sp³-hybridized carbons (Fsp3) is 0.500. The maximum Gasteiger partial charge on any atom is 0.320 e. The van der Waals surface area contributed by atoms with E-state index in [1.54, 1.807) is 30.2 Å². The summed E-state index contributed by atoms with van der Waals surface area (Å²) in [5.74, 6) is -0.00637. The number of amides is 1. The summed E-state index contributed by atoms with van der Waals surface area (Å²) in [6.45, 7) is 4.96. The van der Waals surface area contributed by atoms with Crippen molar-refractivity contribution in [3.8, 4) is 0 Å². The van der Waals surface area contributed by atoms with E-state index < -0.39 is 0 Å². The predicted octanol–water partition coefficient (Wildman–Crippen LogP) is 0.800. The van der Waals surface area contributed by atoms with Crippen LogP contribution in [0, 0.1) is 0 Å². The molecule has 2 N–H and O–H groups in total. The van der Waals surface area contributed by atoms with E-state index in [2.05, 4.69) is 15.8 Å². The van der Waals surface area contributed by atoms with Gasteiger partial charge in [-0.1, -0.05) is 13.0 Å². The first-order valence-electron chi connectivity index (χ1n) is 6.99. The van der Waals surface area contributed by atoms with Crippen molar-refractivity contribution in [2.24, 2.45) is 0 Å². The molecule has 0 bridgehead atoms. The molecular weight excluding hydrogens is 272 g/mol. The zero-order valence-electron chi connectivity index (χ0n) is 12.5. The molecule has 7 nitrogen and oxygen atoms in total. The molecule has 1 heterocycles. The number of esters is 1. The minimum Gasteiger partial charge on any atom is -0.465 e. The van der Waals surface area contributed by atoms with Crippen LogP contribution in [0.5, 0.6) is 0 Å². The molecule has 0 saturated heterocycles. The van der Waals surface area contributed by atoms with E-state index >= 15 is 0 Å². The van der Waals surface area contributed by atoms with Crippen LogP contribution in [0.2, 0.25) is 0 Å². The highest BCUT2D eigenvalue weighted by molar-refractivity contribution is 5.80. The quantitative estimate of drug-likeness (QED) is 0.518. The number of hydrogen-bond donors (Lipinski definition) is 2. The van der Waals surface area contributed by atoms with Crippen molar-refractivity contribution in [2.75, 3.05) is 31.7 Å². The minimum absolute atomic E-state index is 0.110. The maximum atomic E-state index is 11.8. The van der Waals surface area contributed by atoms with Gasteiger partial charge in [0.25, 0.3) is 5.91 Å². The molecule has 0 aliphatic heterocycles. The van der Waals surface area contributed by atoms with Gasteiger partial charge >= 0.3 is 5.97 Å². The molecule has 0 fully saturated rings. The summed E-state index contributed by atoms with van der Waals surface area (Å²) >= 11 is 0. The van der Waals surface area contributed by atoms with Gasteiger partial charge in [-0.3, -0.25) is 25.3 Å². The highest BCUT2D eigenvalue weighted by Gasteiger charge is 2.14. The van der Waals surface area contributed by atoms with E-state index in [9.17, 15) is 9.59 Å². The molecule has 0 atom stereocenters. The zero-order valence-corrected chi connectivity index (χ0v) is 12.5. The van der Waals surface area contributed by atoms with Gasteiger partial charge in [-0.2, -0.15) is 0 Å². The number of nitrogens with zero attached hydrogens (tertiary/aromatic N) is 2. The summed E-state index contributed by atoms with van der Waals surface area (Å²) in [5, 5.41) is 0. The average Bonchev–Trinajstić information content (AvgIpc) is 2.46. The molecular formula is C14H22N4O3. The van der Waals surface area contributed by atoms with Gasteiger partial charge in [0.15, 0.2) is 0 Å². The second kappa shape index (κ2) is 9.71. The smallest absolute Gasteiger partial charge is 0.320 e. The fourth-order valence-electron chi connectivity index (χ4n) is 1.73. The van der Waals surface area contributed by atoms with E-state index in [1.807, 2.05) is 13.0 Å². The number of carbonyl (C=O) groups is 2. The number of anilines is 1. The van der Waals surface area contributed by atoms with Crippen LogP contribution in [-0.4, -0.2) is 48.0 Å². The lowest BCUT2D eigenvalue weighted by atomic mass is 10.4. The Labute approximate surface area is 124 Å². The van der Waals surface area contributed by atoms with Gasteiger partial charge in [-0.15, -0.1) is 0 Å². The Balaban J connectivity index is 2.39. The molecule has 0 unspecified atom stereocenters.